The minimum atomic E-state index is -0.129. The van der Waals surface area contributed by atoms with E-state index in [2.05, 4.69) is 21.7 Å². The molecule has 6 nitrogen and oxygen atoms in total. The highest BCUT2D eigenvalue weighted by molar-refractivity contribution is 5.93. The molecule has 0 saturated carbocycles. The molecule has 1 aliphatic heterocycles. The molecule has 2 aromatic rings. The number of urea groups is 1. The molecule has 2 heterocycles. The molecule has 6 heteroatoms. The van der Waals surface area contributed by atoms with Crippen LogP contribution in [0.2, 0.25) is 0 Å². The second kappa shape index (κ2) is 7.34. The number of nitrogens with one attached hydrogen (secondary N) is 2. The molecule has 130 valence electrons. The summed E-state index contributed by atoms with van der Waals surface area (Å²) in [6.45, 7) is 2.48. The Morgan fingerprint density at radius 3 is 2.80 bits per heavy atom. The highest BCUT2D eigenvalue weighted by Gasteiger charge is 2.18. The average molecular weight is 338 g/mol. The molecule has 0 bridgehead atoms. The Balaban J connectivity index is 1.62. The van der Waals surface area contributed by atoms with Crippen molar-refractivity contribution in [3.05, 3.63) is 59.4 Å². The van der Waals surface area contributed by atoms with Crippen molar-refractivity contribution in [2.45, 2.75) is 32.4 Å². The van der Waals surface area contributed by atoms with Crippen LogP contribution in [0.5, 0.6) is 0 Å². The minimum absolute atomic E-state index is 0.0549. The first kappa shape index (κ1) is 17.0. The lowest BCUT2D eigenvalue weighted by Gasteiger charge is -2.23. The number of benzene rings is 1. The standard InChI is InChI=1S/C19H22N4O2/c1-13(15-3-5-17-16(11-15)4-6-18(24)22-17)21-19(25)23(2)12-14-7-9-20-10-8-14/h3,5,7-11,13H,4,6,12H2,1-2H3,(H,21,25)(H,22,24). The predicted octanol–water partition coefficient (Wildman–Crippen LogP) is 2.87. The Kier molecular flexibility index (Phi) is 4.97. The number of aryl methyl sites for hydroxylation is 1. The number of rotatable bonds is 4. The Morgan fingerprint density at radius 1 is 1.28 bits per heavy atom. The Bertz CT molecular complexity index is 776. The summed E-state index contributed by atoms with van der Waals surface area (Å²) in [5.41, 5.74) is 4.04. The molecular weight excluding hydrogens is 316 g/mol. The first-order chi connectivity index (χ1) is 12.0. The third-order valence-electron chi connectivity index (χ3n) is 4.38. The molecule has 1 unspecified atom stereocenters. The first-order valence-electron chi connectivity index (χ1n) is 8.36. The summed E-state index contributed by atoms with van der Waals surface area (Å²) in [5, 5.41) is 5.89. The second-order valence-electron chi connectivity index (χ2n) is 6.35. The maximum Gasteiger partial charge on any atom is 0.317 e. The van der Waals surface area contributed by atoms with E-state index < -0.39 is 0 Å². The quantitative estimate of drug-likeness (QED) is 0.900. The molecule has 0 spiro atoms. The van der Waals surface area contributed by atoms with Gasteiger partial charge in [-0.3, -0.25) is 9.78 Å². The normalized spacial score (nSPS) is 14.2. The number of hydrogen-bond acceptors (Lipinski definition) is 3. The van der Waals surface area contributed by atoms with E-state index in [0.717, 1.165) is 28.8 Å². The van der Waals surface area contributed by atoms with E-state index in [1.807, 2.05) is 31.2 Å². The number of nitrogens with zero attached hydrogens (tertiary/aromatic N) is 2. The van der Waals surface area contributed by atoms with Gasteiger partial charge in [-0.2, -0.15) is 0 Å². The van der Waals surface area contributed by atoms with Gasteiger partial charge >= 0.3 is 6.03 Å². The van der Waals surface area contributed by atoms with Crippen molar-refractivity contribution >= 4 is 17.6 Å². The SMILES string of the molecule is CC(NC(=O)N(C)Cc1ccncc1)c1ccc2c(c1)CCC(=O)N2. The fraction of sp³-hybridized carbons (Fsp3) is 0.316. The third-order valence-corrected chi connectivity index (χ3v) is 4.38. The molecule has 0 saturated heterocycles. The fourth-order valence-corrected chi connectivity index (χ4v) is 2.89. The first-order valence-corrected chi connectivity index (χ1v) is 8.36. The average Bonchev–Trinajstić information content (AvgIpc) is 2.62. The van der Waals surface area contributed by atoms with Crippen LogP contribution < -0.4 is 10.6 Å². The second-order valence-corrected chi connectivity index (χ2v) is 6.35. The summed E-state index contributed by atoms with van der Waals surface area (Å²) in [6.07, 6.45) is 4.68. The minimum Gasteiger partial charge on any atom is -0.331 e. The van der Waals surface area contributed by atoms with Gasteiger partial charge in [-0.15, -0.1) is 0 Å². The van der Waals surface area contributed by atoms with Crippen LogP contribution in [0.3, 0.4) is 0 Å². The molecule has 0 aliphatic carbocycles. The lowest BCUT2D eigenvalue weighted by atomic mass is 9.98. The van der Waals surface area contributed by atoms with Crippen LogP contribution in [-0.2, 0) is 17.8 Å². The van der Waals surface area contributed by atoms with E-state index >= 15 is 0 Å². The van der Waals surface area contributed by atoms with Crippen LogP contribution in [0, 0.1) is 0 Å². The third kappa shape index (κ3) is 4.15. The zero-order chi connectivity index (χ0) is 17.8. The molecule has 1 aromatic heterocycles. The number of hydrogen-bond donors (Lipinski definition) is 2. The number of pyridine rings is 1. The van der Waals surface area contributed by atoms with Crippen LogP contribution in [0.1, 0.15) is 36.1 Å². The summed E-state index contributed by atoms with van der Waals surface area (Å²) >= 11 is 0. The summed E-state index contributed by atoms with van der Waals surface area (Å²) in [7, 11) is 1.77. The molecule has 1 aliphatic rings. The van der Waals surface area contributed by atoms with E-state index in [9.17, 15) is 9.59 Å². The molecule has 1 atom stereocenters. The van der Waals surface area contributed by atoms with Gasteiger partial charge in [0.05, 0.1) is 6.04 Å². The van der Waals surface area contributed by atoms with Crippen molar-refractivity contribution in [1.29, 1.82) is 0 Å². The molecule has 3 rings (SSSR count). The maximum atomic E-state index is 12.4. The van der Waals surface area contributed by atoms with Crippen molar-refractivity contribution in [3.8, 4) is 0 Å². The monoisotopic (exact) mass is 338 g/mol. The number of aromatic nitrogens is 1. The number of amides is 3. The van der Waals surface area contributed by atoms with Gasteiger partial charge in [-0.25, -0.2) is 4.79 Å². The van der Waals surface area contributed by atoms with Crippen molar-refractivity contribution in [2.75, 3.05) is 12.4 Å². The lowest BCUT2D eigenvalue weighted by Crippen LogP contribution is -2.38. The largest absolute Gasteiger partial charge is 0.331 e. The highest BCUT2D eigenvalue weighted by atomic mass is 16.2. The van der Waals surface area contributed by atoms with Gasteiger partial charge in [-0.05, 0) is 48.2 Å². The van der Waals surface area contributed by atoms with Gasteiger partial charge in [0, 0.05) is 38.1 Å². The highest BCUT2D eigenvalue weighted by Crippen LogP contribution is 2.26. The maximum absolute atomic E-state index is 12.4. The molecule has 1 aromatic carbocycles. The molecular formula is C19H22N4O2. The Hall–Kier alpha value is -2.89. The van der Waals surface area contributed by atoms with E-state index in [4.69, 9.17) is 0 Å². The molecule has 25 heavy (non-hydrogen) atoms. The van der Waals surface area contributed by atoms with Crippen LogP contribution in [0.15, 0.2) is 42.7 Å². The Morgan fingerprint density at radius 2 is 2.04 bits per heavy atom. The smallest absolute Gasteiger partial charge is 0.317 e. The summed E-state index contributed by atoms with van der Waals surface area (Å²) < 4.78 is 0. The summed E-state index contributed by atoms with van der Waals surface area (Å²) in [4.78, 5) is 29.5. The van der Waals surface area contributed by atoms with Crippen LogP contribution in [-0.4, -0.2) is 28.9 Å². The van der Waals surface area contributed by atoms with Gasteiger partial charge in [-0.1, -0.05) is 12.1 Å². The Labute approximate surface area is 147 Å². The topological polar surface area (TPSA) is 74.3 Å². The van der Waals surface area contributed by atoms with Gasteiger partial charge in [0.15, 0.2) is 0 Å². The number of carbonyl (C=O) groups is 2. The van der Waals surface area contributed by atoms with Gasteiger partial charge < -0.3 is 15.5 Å². The van der Waals surface area contributed by atoms with Crippen molar-refractivity contribution in [3.63, 3.8) is 0 Å². The van der Waals surface area contributed by atoms with Crippen LogP contribution in [0.25, 0.3) is 0 Å². The molecule has 2 N–H and O–H groups in total. The van der Waals surface area contributed by atoms with Crippen molar-refractivity contribution in [1.82, 2.24) is 15.2 Å². The van der Waals surface area contributed by atoms with Crippen LogP contribution >= 0.6 is 0 Å². The van der Waals surface area contributed by atoms with Gasteiger partial charge in [0.1, 0.15) is 0 Å². The summed E-state index contributed by atoms with van der Waals surface area (Å²) in [6, 6.07) is 9.45. The summed E-state index contributed by atoms with van der Waals surface area (Å²) in [5.74, 6) is 0.0549. The van der Waals surface area contributed by atoms with E-state index in [1.165, 1.54) is 0 Å². The molecule has 0 radical (unpaired) electrons. The number of carbonyl (C=O) groups excluding carboxylic acids is 2. The lowest BCUT2D eigenvalue weighted by molar-refractivity contribution is -0.116. The van der Waals surface area contributed by atoms with Crippen molar-refractivity contribution < 1.29 is 9.59 Å². The number of fused-ring (bicyclic) bond motifs is 1. The van der Waals surface area contributed by atoms with Gasteiger partial charge in [0.2, 0.25) is 5.91 Å². The van der Waals surface area contributed by atoms with E-state index in [0.29, 0.717) is 13.0 Å². The number of anilines is 1. The fourth-order valence-electron chi connectivity index (χ4n) is 2.89. The predicted molar refractivity (Wildman–Crippen MR) is 96.0 cm³/mol. The molecule has 3 amide bonds. The zero-order valence-corrected chi connectivity index (χ0v) is 14.5. The molecule has 0 fully saturated rings. The van der Waals surface area contributed by atoms with Crippen molar-refractivity contribution in [2.24, 2.45) is 0 Å². The van der Waals surface area contributed by atoms with E-state index in [1.54, 1.807) is 24.3 Å². The van der Waals surface area contributed by atoms with E-state index in [-0.39, 0.29) is 18.0 Å². The zero-order valence-electron chi connectivity index (χ0n) is 14.5. The van der Waals surface area contributed by atoms with Gasteiger partial charge in [0.25, 0.3) is 0 Å². The van der Waals surface area contributed by atoms with Crippen LogP contribution in [0.4, 0.5) is 10.5 Å².